The Morgan fingerprint density at radius 3 is 2.87 bits per heavy atom. The third kappa shape index (κ3) is 3.51. The quantitative estimate of drug-likeness (QED) is 0.879. The molecule has 0 saturated carbocycles. The summed E-state index contributed by atoms with van der Waals surface area (Å²) in [6.45, 7) is 1.84. The van der Waals surface area contributed by atoms with E-state index in [1.807, 2.05) is 6.92 Å². The Bertz CT molecular complexity index is 372. The lowest BCUT2D eigenvalue weighted by Crippen LogP contribution is -2.35. The van der Waals surface area contributed by atoms with E-state index in [-0.39, 0.29) is 5.91 Å². The molecule has 0 bridgehead atoms. The fourth-order valence-electron chi connectivity index (χ4n) is 0.825. The minimum atomic E-state index is -0.526. The smallest absolute Gasteiger partial charge is 0.242 e. The van der Waals surface area contributed by atoms with Crippen LogP contribution < -0.4 is 11.1 Å². The number of nitrogens with two attached hydrogens (primary N) is 1. The first-order valence-electron chi connectivity index (χ1n) is 4.29. The van der Waals surface area contributed by atoms with Crippen molar-refractivity contribution in [2.45, 2.75) is 19.4 Å². The molecule has 3 N–H and O–H groups in total. The highest BCUT2D eigenvalue weighted by Crippen LogP contribution is 2.19. The molecular weight excluding hydrogens is 328 g/mol. The predicted molar refractivity (Wildman–Crippen MR) is 64.3 cm³/mol. The minimum Gasteiger partial charge on any atom is -0.320 e. The van der Waals surface area contributed by atoms with Gasteiger partial charge >= 0.3 is 0 Å². The van der Waals surface area contributed by atoms with Crippen molar-refractivity contribution in [1.29, 1.82) is 0 Å². The van der Waals surface area contributed by atoms with Gasteiger partial charge in [-0.3, -0.25) is 4.79 Å². The van der Waals surface area contributed by atoms with Crippen molar-refractivity contribution in [1.82, 2.24) is 9.97 Å². The summed E-state index contributed by atoms with van der Waals surface area (Å²) in [5.41, 5.74) is 5.56. The topological polar surface area (TPSA) is 80.9 Å². The van der Waals surface area contributed by atoms with Crippen LogP contribution in [0.15, 0.2) is 15.4 Å². The molecule has 1 atom stereocenters. The van der Waals surface area contributed by atoms with E-state index >= 15 is 0 Å². The maximum Gasteiger partial charge on any atom is 0.242 e. The van der Waals surface area contributed by atoms with Gasteiger partial charge in [-0.15, -0.1) is 0 Å². The lowest BCUT2D eigenvalue weighted by Gasteiger charge is -2.09. The molecule has 5 nitrogen and oxygen atoms in total. The normalized spacial score (nSPS) is 12.3. The highest BCUT2D eigenvalue weighted by Gasteiger charge is 2.13. The molecule has 0 spiro atoms. The largest absolute Gasteiger partial charge is 0.320 e. The number of nitrogens with one attached hydrogen (secondary N) is 1. The van der Waals surface area contributed by atoms with E-state index in [0.717, 1.165) is 0 Å². The number of carbonyl (C=O) groups is 1. The van der Waals surface area contributed by atoms with E-state index in [1.165, 1.54) is 6.20 Å². The Morgan fingerprint density at radius 2 is 2.33 bits per heavy atom. The van der Waals surface area contributed by atoms with Crippen molar-refractivity contribution in [3.8, 4) is 0 Å². The summed E-state index contributed by atoms with van der Waals surface area (Å²) in [5, 5.41) is 2.58. The lowest BCUT2D eigenvalue weighted by atomic mass is 10.2. The van der Waals surface area contributed by atoms with Crippen LogP contribution in [0.3, 0.4) is 0 Å². The van der Waals surface area contributed by atoms with Crippen molar-refractivity contribution >= 4 is 43.6 Å². The maximum absolute atomic E-state index is 11.4. The number of rotatable bonds is 3. The fourth-order valence-corrected chi connectivity index (χ4v) is 1.74. The second kappa shape index (κ2) is 5.53. The summed E-state index contributed by atoms with van der Waals surface area (Å²) in [5.74, 6) is 0.0990. The van der Waals surface area contributed by atoms with E-state index in [0.29, 0.717) is 21.4 Å². The molecule has 82 valence electrons. The molecule has 1 rings (SSSR count). The zero-order valence-corrected chi connectivity index (χ0v) is 11.2. The zero-order valence-electron chi connectivity index (χ0n) is 8.00. The van der Waals surface area contributed by atoms with Crippen LogP contribution in [0.4, 0.5) is 5.82 Å². The van der Waals surface area contributed by atoms with E-state index in [1.54, 1.807) is 0 Å². The summed E-state index contributed by atoms with van der Waals surface area (Å²) >= 11 is 6.35. The molecule has 15 heavy (non-hydrogen) atoms. The molecular formula is C8H10Br2N4O. The lowest BCUT2D eigenvalue weighted by molar-refractivity contribution is -0.117. The molecule has 1 aromatic heterocycles. The summed E-state index contributed by atoms with van der Waals surface area (Å²) in [7, 11) is 0. The highest BCUT2D eigenvalue weighted by molar-refractivity contribution is 9.11. The molecule has 0 radical (unpaired) electrons. The number of amides is 1. The van der Waals surface area contributed by atoms with Crippen molar-refractivity contribution < 1.29 is 4.79 Å². The Hall–Kier alpha value is -0.530. The van der Waals surface area contributed by atoms with Gasteiger partial charge in [-0.25, -0.2) is 9.97 Å². The van der Waals surface area contributed by atoms with Crippen molar-refractivity contribution in [2.24, 2.45) is 5.73 Å². The average molecular weight is 338 g/mol. The second-order valence-electron chi connectivity index (χ2n) is 2.84. The number of hydrogen-bond acceptors (Lipinski definition) is 4. The second-order valence-corrected chi connectivity index (χ2v) is 4.40. The number of nitrogens with zero attached hydrogens (tertiary/aromatic N) is 2. The van der Waals surface area contributed by atoms with Crippen LogP contribution in [0, 0.1) is 0 Å². The fraction of sp³-hybridized carbons (Fsp3) is 0.375. The van der Waals surface area contributed by atoms with Gasteiger partial charge in [-0.05, 0) is 38.3 Å². The number of aromatic nitrogens is 2. The monoisotopic (exact) mass is 336 g/mol. The van der Waals surface area contributed by atoms with Crippen LogP contribution in [0.2, 0.25) is 0 Å². The third-order valence-corrected chi connectivity index (χ3v) is 2.65. The van der Waals surface area contributed by atoms with Crippen molar-refractivity contribution in [3.05, 3.63) is 15.4 Å². The highest BCUT2D eigenvalue weighted by atomic mass is 79.9. The van der Waals surface area contributed by atoms with Gasteiger partial charge in [0.1, 0.15) is 9.21 Å². The molecule has 7 heteroatoms. The molecule has 1 heterocycles. The Morgan fingerprint density at radius 1 is 1.67 bits per heavy atom. The Labute approximate surface area is 104 Å². The third-order valence-electron chi connectivity index (χ3n) is 1.72. The minimum absolute atomic E-state index is 0.269. The number of hydrogen-bond donors (Lipinski definition) is 2. The van der Waals surface area contributed by atoms with Crippen LogP contribution in [0.5, 0.6) is 0 Å². The summed E-state index contributed by atoms with van der Waals surface area (Å²) in [4.78, 5) is 19.5. The Balaban J connectivity index is 2.77. The van der Waals surface area contributed by atoms with Gasteiger partial charge in [0.15, 0.2) is 5.82 Å². The van der Waals surface area contributed by atoms with Gasteiger partial charge in [0.05, 0.1) is 12.2 Å². The van der Waals surface area contributed by atoms with Gasteiger partial charge in [-0.2, -0.15) is 0 Å². The van der Waals surface area contributed by atoms with Crippen LogP contribution in [-0.2, 0) is 4.79 Å². The first-order chi connectivity index (χ1) is 7.04. The van der Waals surface area contributed by atoms with Crippen LogP contribution in [0.1, 0.15) is 13.3 Å². The number of halogens is 2. The van der Waals surface area contributed by atoms with Gasteiger partial charge in [-0.1, -0.05) is 6.92 Å². The molecule has 1 aromatic rings. The molecule has 0 saturated heterocycles. The van der Waals surface area contributed by atoms with Crippen molar-refractivity contribution in [2.75, 3.05) is 5.32 Å². The van der Waals surface area contributed by atoms with Crippen LogP contribution in [-0.4, -0.2) is 21.9 Å². The SMILES string of the molecule is CC[C@H](N)C(=O)Nc1ncc(Br)nc1Br. The first kappa shape index (κ1) is 12.5. The zero-order chi connectivity index (χ0) is 11.4. The van der Waals surface area contributed by atoms with Crippen LogP contribution >= 0.6 is 31.9 Å². The average Bonchev–Trinajstić information content (AvgIpc) is 2.20. The summed E-state index contributed by atoms with van der Waals surface area (Å²) in [6.07, 6.45) is 2.07. The first-order valence-corrected chi connectivity index (χ1v) is 5.87. The number of anilines is 1. The molecule has 0 aromatic carbocycles. The Kier molecular flexibility index (Phi) is 4.62. The summed E-state index contributed by atoms with van der Waals surface area (Å²) in [6, 6.07) is -0.526. The van der Waals surface area contributed by atoms with Crippen LogP contribution in [0.25, 0.3) is 0 Å². The molecule has 0 fully saturated rings. The molecule has 0 unspecified atom stereocenters. The molecule has 0 aliphatic rings. The predicted octanol–water partition coefficient (Wildman–Crippen LogP) is 1.68. The van der Waals surface area contributed by atoms with Gasteiger partial charge in [0.25, 0.3) is 0 Å². The standard InChI is InChI=1S/C8H10Br2N4O/c1-2-4(11)8(15)14-7-6(10)13-5(9)3-12-7/h3-4H,2,11H2,1H3,(H,12,14,15)/t4-/m0/s1. The van der Waals surface area contributed by atoms with Gasteiger partial charge < -0.3 is 11.1 Å². The van der Waals surface area contributed by atoms with E-state index < -0.39 is 6.04 Å². The van der Waals surface area contributed by atoms with E-state index in [2.05, 4.69) is 47.1 Å². The number of carbonyl (C=O) groups excluding carboxylic acids is 1. The van der Waals surface area contributed by atoms with E-state index in [4.69, 9.17) is 5.73 Å². The van der Waals surface area contributed by atoms with E-state index in [9.17, 15) is 4.79 Å². The van der Waals surface area contributed by atoms with Crippen molar-refractivity contribution in [3.63, 3.8) is 0 Å². The maximum atomic E-state index is 11.4. The molecule has 0 aliphatic carbocycles. The van der Waals surface area contributed by atoms with Gasteiger partial charge in [0.2, 0.25) is 5.91 Å². The van der Waals surface area contributed by atoms with Gasteiger partial charge in [0, 0.05) is 0 Å². The summed E-state index contributed by atoms with van der Waals surface area (Å²) < 4.78 is 1.06. The molecule has 0 aliphatic heterocycles. The molecule has 1 amide bonds.